The predicted octanol–water partition coefficient (Wildman–Crippen LogP) is 2.71. The largest absolute Gasteiger partial charge is 0.414 e. The fourth-order valence-electron chi connectivity index (χ4n) is 5.50. The van der Waals surface area contributed by atoms with E-state index in [-0.39, 0.29) is 34.7 Å². The number of aliphatic hydroxyl groups excluding tert-OH is 1. The molecule has 12 heteroatoms. The summed E-state index contributed by atoms with van der Waals surface area (Å²) in [5, 5.41) is 11.5. The third-order valence-electron chi connectivity index (χ3n) is 7.37. The lowest BCUT2D eigenvalue weighted by molar-refractivity contribution is -0.117. The molecule has 4 aliphatic heterocycles. The molecule has 0 aliphatic carbocycles. The average Bonchev–Trinajstić information content (AvgIpc) is 3.29. The molecule has 34 heavy (non-hydrogen) atoms. The van der Waals surface area contributed by atoms with Crippen LogP contribution >= 0.6 is 0 Å². The first-order chi connectivity index (χ1) is 15.9. The minimum Gasteiger partial charge on any atom is -0.414 e. The second kappa shape index (κ2) is 9.30. The summed E-state index contributed by atoms with van der Waals surface area (Å²) in [6, 6.07) is -0.795. The molecular weight excluding hydrogens is 472 g/mol. The molecule has 1 unspecified atom stereocenters. The second-order valence-corrected chi connectivity index (χ2v) is 19.6. The molecule has 0 spiro atoms. The number of aliphatic hydroxyl groups is 1. The van der Waals surface area contributed by atoms with E-state index in [0.717, 1.165) is 0 Å². The van der Waals surface area contributed by atoms with Crippen molar-refractivity contribution < 1.29 is 27.6 Å². The van der Waals surface area contributed by atoms with E-state index in [1.165, 1.54) is 12.7 Å². The van der Waals surface area contributed by atoms with Gasteiger partial charge in [0.05, 0.1) is 12.9 Å². The molecule has 4 rings (SSSR count). The summed E-state index contributed by atoms with van der Waals surface area (Å²) in [6.07, 6.45) is -0.210. The number of nitrogens with zero attached hydrogens (tertiary/aromatic N) is 4. The molecule has 0 aromatic heterocycles. The average molecular weight is 511 g/mol. The Bertz CT molecular complexity index is 877. The van der Waals surface area contributed by atoms with Crippen molar-refractivity contribution in [1.29, 1.82) is 0 Å². The molecule has 190 valence electrons. The zero-order valence-corrected chi connectivity index (χ0v) is 23.3. The van der Waals surface area contributed by atoms with Gasteiger partial charge in [-0.3, -0.25) is 14.7 Å². The second-order valence-electron chi connectivity index (χ2n) is 10.8. The molecule has 2 saturated heterocycles. The van der Waals surface area contributed by atoms with Gasteiger partial charge in [0.1, 0.15) is 30.5 Å². The molecule has 4 heterocycles. The van der Waals surface area contributed by atoms with Crippen LogP contribution in [0.5, 0.6) is 0 Å². The first-order valence-corrected chi connectivity index (χ1v) is 16.2. The number of amidine groups is 1. The van der Waals surface area contributed by atoms with Crippen LogP contribution in [-0.4, -0.2) is 88.7 Å². The Labute approximate surface area is 203 Å². The predicted molar refractivity (Wildman–Crippen MR) is 134 cm³/mol. The maximum absolute atomic E-state index is 12.1. The Hall–Kier alpha value is -1.29. The van der Waals surface area contributed by atoms with E-state index in [0.29, 0.717) is 5.84 Å². The topological polar surface area (TPSA) is 115 Å². The highest BCUT2D eigenvalue weighted by molar-refractivity contribution is 6.84. The summed E-state index contributed by atoms with van der Waals surface area (Å²) in [6.45, 7) is 17.5. The van der Waals surface area contributed by atoms with Crippen molar-refractivity contribution in [2.45, 2.75) is 108 Å². The van der Waals surface area contributed by atoms with Crippen molar-refractivity contribution in [1.82, 2.24) is 4.90 Å². The van der Waals surface area contributed by atoms with E-state index in [1.54, 1.807) is 4.90 Å². The molecule has 0 aromatic carbocycles. The van der Waals surface area contributed by atoms with Crippen molar-refractivity contribution in [2.24, 2.45) is 15.0 Å². The standard InChI is InChI=1S/C22H38N4O6Si2/c1-12(2)33(13(3)4)29-9-16-19(31-34(32-33,14(5)6)15(7)8)18(27)22(30-16)26-11-25-17-20(26)23-10-24-21(17)28/h10-19,22,27H,9H2,1-8H3/t16-,17?,18-,19-,22-/m1/s1. The normalized spacial score (nSPS) is 34.6. The van der Waals surface area contributed by atoms with Crippen molar-refractivity contribution >= 4 is 41.5 Å². The van der Waals surface area contributed by atoms with Gasteiger partial charge in [-0.2, -0.15) is 4.99 Å². The monoisotopic (exact) mass is 510 g/mol. The van der Waals surface area contributed by atoms with Gasteiger partial charge in [-0.1, -0.05) is 55.4 Å². The first-order valence-electron chi connectivity index (χ1n) is 12.3. The van der Waals surface area contributed by atoms with Crippen LogP contribution in [0.15, 0.2) is 15.0 Å². The number of ether oxygens (including phenoxy) is 1. The highest BCUT2D eigenvalue weighted by Crippen LogP contribution is 2.47. The van der Waals surface area contributed by atoms with Crippen LogP contribution in [-0.2, 0) is 22.5 Å². The molecule has 1 amide bonds. The zero-order valence-electron chi connectivity index (χ0n) is 21.3. The molecule has 4 aliphatic rings. The minimum absolute atomic E-state index is 0.139. The third-order valence-corrected chi connectivity index (χ3v) is 17.6. The summed E-state index contributed by atoms with van der Waals surface area (Å²) in [5.74, 6) is 0.0192. The minimum atomic E-state index is -2.88. The van der Waals surface area contributed by atoms with E-state index in [2.05, 4.69) is 70.4 Å². The fourth-order valence-corrected chi connectivity index (χ4v) is 16.7. The van der Waals surface area contributed by atoms with E-state index in [4.69, 9.17) is 17.7 Å². The lowest BCUT2D eigenvalue weighted by atomic mass is 10.1. The molecule has 5 atom stereocenters. The Morgan fingerprint density at radius 1 is 1.03 bits per heavy atom. The quantitative estimate of drug-likeness (QED) is 0.566. The Kier molecular flexibility index (Phi) is 7.06. The molecule has 2 fully saturated rings. The van der Waals surface area contributed by atoms with E-state index < -0.39 is 47.7 Å². The maximum Gasteiger partial charge on any atom is 0.335 e. The summed E-state index contributed by atoms with van der Waals surface area (Å²) in [7, 11) is -5.59. The number of rotatable bonds is 5. The first kappa shape index (κ1) is 25.8. The van der Waals surface area contributed by atoms with Gasteiger partial charge in [0.2, 0.25) is 0 Å². The number of hydrogen-bond acceptors (Lipinski definition) is 9. The van der Waals surface area contributed by atoms with Crippen LogP contribution in [0.3, 0.4) is 0 Å². The summed E-state index contributed by atoms with van der Waals surface area (Å²) < 4.78 is 27.2. The number of amides is 1. The number of hydrogen-bond donors (Lipinski definition) is 1. The van der Waals surface area contributed by atoms with Gasteiger partial charge >= 0.3 is 17.1 Å². The van der Waals surface area contributed by atoms with Crippen LogP contribution in [0.4, 0.5) is 0 Å². The van der Waals surface area contributed by atoms with Crippen LogP contribution in [0, 0.1) is 0 Å². The lowest BCUT2D eigenvalue weighted by Crippen LogP contribution is -2.66. The van der Waals surface area contributed by atoms with Gasteiger partial charge in [-0.25, -0.2) is 4.99 Å². The number of carbonyl (C=O) groups excluding carboxylic acids is 1. The maximum atomic E-state index is 12.1. The fraction of sp³-hybridized carbons (Fsp3) is 0.818. The van der Waals surface area contributed by atoms with Crippen LogP contribution in [0.1, 0.15) is 55.4 Å². The Morgan fingerprint density at radius 3 is 2.24 bits per heavy atom. The lowest BCUT2D eigenvalue weighted by Gasteiger charge is -2.51. The molecule has 0 aromatic rings. The summed E-state index contributed by atoms with van der Waals surface area (Å²) >= 11 is 0. The number of fused-ring (bicyclic) bond motifs is 2. The van der Waals surface area contributed by atoms with E-state index in [9.17, 15) is 9.90 Å². The highest BCUT2D eigenvalue weighted by atomic mass is 28.5. The van der Waals surface area contributed by atoms with Crippen LogP contribution in [0.2, 0.25) is 22.2 Å². The van der Waals surface area contributed by atoms with Gasteiger partial charge < -0.3 is 22.8 Å². The Morgan fingerprint density at radius 2 is 1.65 bits per heavy atom. The number of carbonyl (C=O) groups is 1. The Balaban J connectivity index is 1.70. The summed E-state index contributed by atoms with van der Waals surface area (Å²) in [4.78, 5) is 25.9. The van der Waals surface area contributed by atoms with Gasteiger partial charge in [0, 0.05) is 0 Å². The van der Waals surface area contributed by atoms with Gasteiger partial charge in [-0.15, -0.1) is 0 Å². The molecule has 0 saturated carbocycles. The van der Waals surface area contributed by atoms with Crippen molar-refractivity contribution in [3.63, 3.8) is 0 Å². The van der Waals surface area contributed by atoms with Crippen molar-refractivity contribution in [2.75, 3.05) is 6.61 Å². The summed E-state index contributed by atoms with van der Waals surface area (Å²) in [5.41, 5.74) is 0.708. The van der Waals surface area contributed by atoms with E-state index in [1.807, 2.05) is 0 Å². The van der Waals surface area contributed by atoms with E-state index >= 15 is 0 Å². The smallest absolute Gasteiger partial charge is 0.335 e. The SMILES string of the molecule is CC(C)[Si]1(C(C)C)OC[C@H]2O[C@@H](N3C=NC4C(=O)N=CN=C43)[C@H](O)[C@@H]2O[Si](C(C)C)(C(C)C)O1. The number of aliphatic imine (C=N–C) groups is 3. The van der Waals surface area contributed by atoms with Crippen molar-refractivity contribution in [3.8, 4) is 0 Å². The third kappa shape index (κ3) is 3.96. The van der Waals surface area contributed by atoms with Crippen LogP contribution < -0.4 is 0 Å². The zero-order chi connectivity index (χ0) is 25.0. The van der Waals surface area contributed by atoms with Crippen molar-refractivity contribution in [3.05, 3.63) is 0 Å². The van der Waals surface area contributed by atoms with Gasteiger partial charge in [0.15, 0.2) is 12.3 Å². The van der Waals surface area contributed by atoms with Gasteiger partial charge in [0.25, 0.3) is 5.91 Å². The molecular formula is C22H38N4O6Si2. The molecule has 1 N–H and O–H groups in total. The molecule has 10 nitrogen and oxygen atoms in total. The van der Waals surface area contributed by atoms with Gasteiger partial charge in [-0.05, 0) is 22.2 Å². The van der Waals surface area contributed by atoms with Crippen LogP contribution in [0.25, 0.3) is 0 Å². The highest BCUT2D eigenvalue weighted by Gasteiger charge is 2.62. The molecule has 0 radical (unpaired) electrons. The molecule has 0 bridgehead atoms.